The fourth-order valence-corrected chi connectivity index (χ4v) is 3.74. The first kappa shape index (κ1) is 20.6. The summed E-state index contributed by atoms with van der Waals surface area (Å²) in [6.07, 6.45) is 0.876. The number of hydrogen-bond donors (Lipinski definition) is 2. The van der Waals surface area contributed by atoms with Crippen LogP contribution in [0.15, 0.2) is 53.7 Å². The second-order valence-electron chi connectivity index (χ2n) is 7.51. The molecule has 7 nitrogen and oxygen atoms in total. The predicted octanol–water partition coefficient (Wildman–Crippen LogP) is 3.21. The molecular formula is C23H22FN3O4. The Kier molecular flexibility index (Phi) is 5.46. The summed E-state index contributed by atoms with van der Waals surface area (Å²) in [7, 11) is 0. The van der Waals surface area contributed by atoms with E-state index in [4.69, 9.17) is 4.74 Å². The molecule has 2 N–H and O–H groups in total. The summed E-state index contributed by atoms with van der Waals surface area (Å²) in [5.74, 6) is -1.51. The summed E-state index contributed by atoms with van der Waals surface area (Å²) in [6.45, 7) is 3.36. The Morgan fingerprint density at radius 3 is 2.68 bits per heavy atom. The molecule has 2 aliphatic rings. The number of urea groups is 1. The zero-order chi connectivity index (χ0) is 22.1. The van der Waals surface area contributed by atoms with Crippen molar-refractivity contribution < 1.29 is 23.5 Å². The molecular weight excluding hydrogens is 401 g/mol. The number of amides is 3. The molecule has 0 aromatic heterocycles. The SMILES string of the molecule is CCc1ccc(C2NC(=O)N(CC(=O)Nc3cc(F)ccc3C)C3=C2C(=O)OC3)cc1. The van der Waals surface area contributed by atoms with Crippen LogP contribution in [0.4, 0.5) is 14.9 Å². The van der Waals surface area contributed by atoms with Crippen LogP contribution in [-0.4, -0.2) is 36.0 Å². The van der Waals surface area contributed by atoms with Gasteiger partial charge in [0, 0.05) is 5.69 Å². The fraction of sp³-hybridized carbons (Fsp3) is 0.261. The van der Waals surface area contributed by atoms with Crippen LogP contribution in [-0.2, 0) is 20.7 Å². The van der Waals surface area contributed by atoms with Crippen molar-refractivity contribution in [2.75, 3.05) is 18.5 Å². The van der Waals surface area contributed by atoms with Gasteiger partial charge in [-0.1, -0.05) is 37.3 Å². The highest BCUT2D eigenvalue weighted by Gasteiger charge is 2.42. The average molecular weight is 423 g/mol. The monoisotopic (exact) mass is 423 g/mol. The molecule has 8 heteroatoms. The quantitative estimate of drug-likeness (QED) is 0.723. The molecule has 1 unspecified atom stereocenters. The number of halogens is 1. The standard InChI is InChI=1S/C23H22FN3O4/c1-3-14-5-7-15(8-6-14)21-20-18(12-31-22(20)29)27(23(30)26-21)11-19(28)25-17-10-16(24)9-4-13(17)2/h4-10,21H,3,11-12H2,1-2H3,(H,25,28)(H,26,30). The maximum absolute atomic E-state index is 13.5. The minimum atomic E-state index is -0.645. The second kappa shape index (κ2) is 8.22. The summed E-state index contributed by atoms with van der Waals surface area (Å²) in [5.41, 5.74) is 3.59. The van der Waals surface area contributed by atoms with Crippen molar-refractivity contribution in [3.63, 3.8) is 0 Å². The molecule has 0 radical (unpaired) electrons. The number of carbonyl (C=O) groups excluding carboxylic acids is 3. The summed E-state index contributed by atoms with van der Waals surface area (Å²) in [4.78, 5) is 39.0. The van der Waals surface area contributed by atoms with Gasteiger partial charge in [-0.3, -0.25) is 9.69 Å². The number of anilines is 1. The smallest absolute Gasteiger partial charge is 0.338 e. The molecule has 0 fully saturated rings. The number of aryl methyl sites for hydroxylation is 2. The van der Waals surface area contributed by atoms with Crippen LogP contribution >= 0.6 is 0 Å². The topological polar surface area (TPSA) is 87.7 Å². The van der Waals surface area contributed by atoms with Crippen molar-refractivity contribution in [3.8, 4) is 0 Å². The Morgan fingerprint density at radius 2 is 1.97 bits per heavy atom. The summed E-state index contributed by atoms with van der Waals surface area (Å²) in [6, 6.07) is 10.6. The van der Waals surface area contributed by atoms with Crippen LogP contribution < -0.4 is 10.6 Å². The predicted molar refractivity (Wildman–Crippen MR) is 112 cm³/mol. The molecule has 0 spiro atoms. The van der Waals surface area contributed by atoms with E-state index in [9.17, 15) is 18.8 Å². The van der Waals surface area contributed by atoms with Gasteiger partial charge in [-0.2, -0.15) is 0 Å². The van der Waals surface area contributed by atoms with Crippen LogP contribution in [0, 0.1) is 12.7 Å². The lowest BCUT2D eigenvalue weighted by atomic mass is 9.94. The molecule has 0 aliphatic carbocycles. The summed E-state index contributed by atoms with van der Waals surface area (Å²) in [5, 5.41) is 5.42. The molecule has 4 rings (SSSR count). The van der Waals surface area contributed by atoms with Gasteiger partial charge in [0.2, 0.25) is 5.91 Å². The number of hydrogen-bond acceptors (Lipinski definition) is 4. The summed E-state index contributed by atoms with van der Waals surface area (Å²) < 4.78 is 18.7. The van der Waals surface area contributed by atoms with Crippen LogP contribution in [0.5, 0.6) is 0 Å². The minimum Gasteiger partial charge on any atom is -0.456 e. The average Bonchev–Trinajstić information content (AvgIpc) is 3.14. The lowest BCUT2D eigenvalue weighted by Gasteiger charge is -2.32. The molecule has 2 heterocycles. The van der Waals surface area contributed by atoms with Crippen LogP contribution in [0.25, 0.3) is 0 Å². The van der Waals surface area contributed by atoms with Gasteiger partial charge < -0.3 is 15.4 Å². The molecule has 0 saturated heterocycles. The van der Waals surface area contributed by atoms with Gasteiger partial charge in [0.05, 0.1) is 17.3 Å². The van der Waals surface area contributed by atoms with Crippen molar-refractivity contribution >= 4 is 23.6 Å². The molecule has 2 aromatic rings. The Hall–Kier alpha value is -3.68. The van der Waals surface area contributed by atoms with E-state index in [1.54, 1.807) is 13.0 Å². The van der Waals surface area contributed by atoms with E-state index in [1.165, 1.54) is 17.0 Å². The molecule has 160 valence electrons. The third-order valence-electron chi connectivity index (χ3n) is 5.49. The molecule has 3 amide bonds. The first-order chi connectivity index (χ1) is 14.9. The van der Waals surface area contributed by atoms with Crippen molar-refractivity contribution in [1.82, 2.24) is 10.2 Å². The maximum atomic E-state index is 13.5. The number of esters is 1. The van der Waals surface area contributed by atoms with Crippen molar-refractivity contribution in [2.24, 2.45) is 0 Å². The van der Waals surface area contributed by atoms with E-state index in [-0.39, 0.29) is 13.2 Å². The first-order valence-electron chi connectivity index (χ1n) is 10.0. The summed E-state index contributed by atoms with van der Waals surface area (Å²) >= 11 is 0. The number of cyclic esters (lactones) is 1. The Bertz CT molecular complexity index is 1090. The van der Waals surface area contributed by atoms with Gasteiger partial charge in [0.15, 0.2) is 0 Å². The largest absolute Gasteiger partial charge is 0.456 e. The van der Waals surface area contributed by atoms with E-state index in [0.717, 1.165) is 17.5 Å². The van der Waals surface area contributed by atoms with Crippen molar-refractivity contribution in [2.45, 2.75) is 26.3 Å². The molecule has 1 atom stereocenters. The Labute approximate surface area is 178 Å². The highest BCUT2D eigenvalue weighted by molar-refractivity contribution is 6.00. The van der Waals surface area contributed by atoms with Gasteiger partial charge in [-0.15, -0.1) is 0 Å². The number of benzene rings is 2. The van der Waals surface area contributed by atoms with Crippen LogP contribution in [0.2, 0.25) is 0 Å². The number of rotatable bonds is 5. The van der Waals surface area contributed by atoms with Crippen molar-refractivity contribution in [3.05, 3.63) is 76.2 Å². The lowest BCUT2D eigenvalue weighted by Crippen LogP contribution is -2.49. The van der Waals surface area contributed by atoms with E-state index in [2.05, 4.69) is 10.6 Å². The van der Waals surface area contributed by atoms with Crippen LogP contribution in [0.1, 0.15) is 29.7 Å². The molecule has 0 bridgehead atoms. The molecule has 2 aliphatic heterocycles. The zero-order valence-corrected chi connectivity index (χ0v) is 17.2. The highest BCUT2D eigenvalue weighted by Crippen LogP contribution is 2.35. The fourth-order valence-electron chi connectivity index (χ4n) is 3.74. The number of nitrogens with one attached hydrogen (secondary N) is 2. The molecule has 2 aromatic carbocycles. The molecule has 31 heavy (non-hydrogen) atoms. The van der Waals surface area contributed by atoms with Crippen molar-refractivity contribution in [1.29, 1.82) is 0 Å². The number of ether oxygens (including phenoxy) is 1. The first-order valence-corrected chi connectivity index (χ1v) is 10.0. The third-order valence-corrected chi connectivity index (χ3v) is 5.49. The Morgan fingerprint density at radius 1 is 1.23 bits per heavy atom. The van der Waals surface area contributed by atoms with Gasteiger partial charge in [-0.25, -0.2) is 14.0 Å². The van der Waals surface area contributed by atoms with Gasteiger partial charge in [-0.05, 0) is 42.2 Å². The number of carbonyl (C=O) groups is 3. The second-order valence-corrected chi connectivity index (χ2v) is 7.51. The number of nitrogens with zero attached hydrogens (tertiary/aromatic N) is 1. The minimum absolute atomic E-state index is 0.0859. The van der Waals surface area contributed by atoms with E-state index in [1.807, 2.05) is 31.2 Å². The third kappa shape index (κ3) is 4.01. The van der Waals surface area contributed by atoms with E-state index < -0.39 is 29.8 Å². The zero-order valence-electron chi connectivity index (χ0n) is 17.2. The van der Waals surface area contributed by atoms with Gasteiger partial charge >= 0.3 is 12.0 Å². The Balaban J connectivity index is 1.59. The van der Waals surface area contributed by atoms with E-state index in [0.29, 0.717) is 22.5 Å². The lowest BCUT2D eigenvalue weighted by molar-refractivity contribution is -0.136. The normalized spacial score (nSPS) is 17.9. The maximum Gasteiger partial charge on any atom is 0.338 e. The van der Waals surface area contributed by atoms with Gasteiger partial charge in [0.1, 0.15) is 19.0 Å². The van der Waals surface area contributed by atoms with E-state index >= 15 is 0 Å². The highest BCUT2D eigenvalue weighted by atomic mass is 19.1. The van der Waals surface area contributed by atoms with Crippen LogP contribution in [0.3, 0.4) is 0 Å². The van der Waals surface area contributed by atoms with Gasteiger partial charge in [0.25, 0.3) is 0 Å². The molecule has 0 saturated carbocycles.